The largest absolute Gasteiger partial charge is 0.507 e. The number of carbonyl (C=O) groups excluding carboxylic acids is 1. The number of hydrogen-bond donors (Lipinski definition) is 2. The number of fused-ring (bicyclic) bond motifs is 2. The second-order valence-corrected chi connectivity index (χ2v) is 6.73. The minimum atomic E-state index is -0.387. The van der Waals surface area contributed by atoms with Crippen molar-refractivity contribution in [2.24, 2.45) is 0 Å². The number of aromatic hydroxyl groups is 1. The molecule has 0 bridgehead atoms. The van der Waals surface area contributed by atoms with Gasteiger partial charge in [-0.25, -0.2) is 4.98 Å². The molecule has 0 atom stereocenters. The summed E-state index contributed by atoms with van der Waals surface area (Å²) in [6, 6.07) is 12.8. The summed E-state index contributed by atoms with van der Waals surface area (Å²) in [7, 11) is 0. The predicted octanol–water partition coefficient (Wildman–Crippen LogP) is 3.87. The van der Waals surface area contributed by atoms with Gasteiger partial charge < -0.3 is 10.4 Å². The van der Waals surface area contributed by atoms with Crippen LogP contribution in [-0.4, -0.2) is 26.8 Å². The Morgan fingerprint density at radius 2 is 2.00 bits per heavy atom. The number of pyridine rings is 1. The second kappa shape index (κ2) is 6.98. The van der Waals surface area contributed by atoms with E-state index in [4.69, 9.17) is 11.6 Å². The monoisotopic (exact) mass is 393 g/mol. The minimum absolute atomic E-state index is 0.115. The van der Waals surface area contributed by atoms with Crippen molar-refractivity contribution >= 4 is 39.6 Å². The molecular formula is C21H16ClN3O3. The SMILES string of the molecule is CCNc1cc(C(=O)c2ccccc2O)cn2c(=O)c3ccc(Cl)cc3nc12. The van der Waals surface area contributed by atoms with Crippen molar-refractivity contribution in [1.29, 1.82) is 0 Å². The maximum Gasteiger partial charge on any atom is 0.265 e. The van der Waals surface area contributed by atoms with Gasteiger partial charge in [-0.15, -0.1) is 0 Å². The fourth-order valence-corrected chi connectivity index (χ4v) is 3.31. The van der Waals surface area contributed by atoms with E-state index in [0.717, 1.165) is 0 Å². The van der Waals surface area contributed by atoms with Gasteiger partial charge in [0.15, 0.2) is 11.4 Å². The first-order valence-electron chi connectivity index (χ1n) is 8.72. The maximum atomic E-state index is 13.0. The highest BCUT2D eigenvalue weighted by Crippen LogP contribution is 2.24. The van der Waals surface area contributed by atoms with E-state index in [2.05, 4.69) is 10.3 Å². The van der Waals surface area contributed by atoms with E-state index in [1.54, 1.807) is 36.4 Å². The van der Waals surface area contributed by atoms with Gasteiger partial charge in [-0.05, 0) is 43.3 Å². The quantitative estimate of drug-likeness (QED) is 0.406. The van der Waals surface area contributed by atoms with Crippen LogP contribution < -0.4 is 10.9 Å². The molecule has 2 aromatic carbocycles. The normalized spacial score (nSPS) is 11.1. The molecule has 4 aromatic rings. The van der Waals surface area contributed by atoms with Gasteiger partial charge in [-0.1, -0.05) is 23.7 Å². The molecule has 0 aliphatic carbocycles. The molecule has 0 radical (unpaired) electrons. The highest BCUT2D eigenvalue weighted by Gasteiger charge is 2.17. The summed E-state index contributed by atoms with van der Waals surface area (Å²) in [5, 5.41) is 14.1. The van der Waals surface area contributed by atoms with Gasteiger partial charge in [0.1, 0.15) is 5.75 Å². The first-order valence-corrected chi connectivity index (χ1v) is 9.09. The van der Waals surface area contributed by atoms with Crippen LogP contribution in [0.5, 0.6) is 5.75 Å². The second-order valence-electron chi connectivity index (χ2n) is 6.29. The average Bonchev–Trinajstić information content (AvgIpc) is 2.68. The number of carbonyl (C=O) groups is 1. The van der Waals surface area contributed by atoms with Gasteiger partial charge in [-0.2, -0.15) is 0 Å². The van der Waals surface area contributed by atoms with Gasteiger partial charge in [0, 0.05) is 23.3 Å². The molecule has 7 heteroatoms. The fraction of sp³-hybridized carbons (Fsp3) is 0.0952. The van der Waals surface area contributed by atoms with Gasteiger partial charge in [0.25, 0.3) is 5.56 Å². The number of nitrogens with zero attached hydrogens (tertiary/aromatic N) is 2. The molecule has 2 aromatic heterocycles. The topological polar surface area (TPSA) is 83.7 Å². The number of hydrogen-bond acceptors (Lipinski definition) is 5. The van der Waals surface area contributed by atoms with Crippen LogP contribution in [0, 0.1) is 0 Å². The summed E-state index contributed by atoms with van der Waals surface area (Å²) in [6.45, 7) is 2.48. The fourth-order valence-electron chi connectivity index (χ4n) is 3.14. The van der Waals surface area contributed by atoms with Crippen molar-refractivity contribution in [3.05, 3.63) is 81.2 Å². The number of phenolic OH excluding ortho intramolecular Hbond substituents is 1. The molecule has 6 nitrogen and oxygen atoms in total. The van der Waals surface area contributed by atoms with Crippen LogP contribution >= 0.6 is 11.6 Å². The number of aromatic nitrogens is 2. The summed E-state index contributed by atoms with van der Waals surface area (Å²) in [4.78, 5) is 30.5. The Hall–Kier alpha value is -3.38. The average molecular weight is 394 g/mol. The zero-order chi connectivity index (χ0) is 19.8. The molecule has 0 aliphatic heterocycles. The molecule has 0 unspecified atom stereocenters. The summed E-state index contributed by atoms with van der Waals surface area (Å²) < 4.78 is 1.35. The van der Waals surface area contributed by atoms with Gasteiger partial charge in [0.05, 0.1) is 22.2 Å². The van der Waals surface area contributed by atoms with E-state index in [9.17, 15) is 14.7 Å². The number of nitrogens with one attached hydrogen (secondary N) is 1. The predicted molar refractivity (Wildman–Crippen MR) is 110 cm³/mol. The van der Waals surface area contributed by atoms with Crippen molar-refractivity contribution < 1.29 is 9.90 Å². The summed E-state index contributed by atoms with van der Waals surface area (Å²) in [5.74, 6) is -0.501. The highest BCUT2D eigenvalue weighted by molar-refractivity contribution is 6.31. The maximum absolute atomic E-state index is 13.0. The van der Waals surface area contributed by atoms with E-state index in [1.807, 2.05) is 6.92 Å². The molecule has 2 heterocycles. The lowest BCUT2D eigenvalue weighted by molar-refractivity contribution is 0.103. The number of para-hydroxylation sites is 1. The van der Waals surface area contributed by atoms with Crippen LogP contribution in [0.4, 0.5) is 5.69 Å². The highest BCUT2D eigenvalue weighted by atomic mass is 35.5. The van der Waals surface area contributed by atoms with Crippen molar-refractivity contribution in [2.45, 2.75) is 6.92 Å². The van der Waals surface area contributed by atoms with E-state index in [-0.39, 0.29) is 28.2 Å². The summed E-state index contributed by atoms with van der Waals surface area (Å²) in [6.07, 6.45) is 1.45. The number of anilines is 1. The lowest BCUT2D eigenvalue weighted by Crippen LogP contribution is -2.18. The third kappa shape index (κ3) is 2.97. The Kier molecular flexibility index (Phi) is 4.49. The zero-order valence-corrected chi connectivity index (χ0v) is 15.7. The third-order valence-corrected chi connectivity index (χ3v) is 4.69. The smallest absolute Gasteiger partial charge is 0.265 e. The van der Waals surface area contributed by atoms with Gasteiger partial charge in [-0.3, -0.25) is 14.0 Å². The number of phenols is 1. The summed E-state index contributed by atoms with van der Waals surface area (Å²) >= 11 is 6.04. The first kappa shape index (κ1) is 18.0. The molecule has 0 amide bonds. The molecule has 28 heavy (non-hydrogen) atoms. The third-order valence-electron chi connectivity index (χ3n) is 4.45. The van der Waals surface area contributed by atoms with Crippen molar-refractivity contribution in [3.63, 3.8) is 0 Å². The van der Waals surface area contributed by atoms with Crippen LogP contribution in [-0.2, 0) is 0 Å². The van der Waals surface area contributed by atoms with Crippen LogP contribution in [0.2, 0.25) is 5.02 Å². The molecule has 0 spiro atoms. The van der Waals surface area contributed by atoms with E-state index >= 15 is 0 Å². The number of ketones is 1. The van der Waals surface area contributed by atoms with Crippen LogP contribution in [0.25, 0.3) is 16.6 Å². The van der Waals surface area contributed by atoms with E-state index < -0.39 is 0 Å². The Bertz CT molecular complexity index is 1300. The molecule has 140 valence electrons. The Labute approximate surface area is 165 Å². The first-order chi connectivity index (χ1) is 13.5. The number of halogens is 1. The van der Waals surface area contributed by atoms with Gasteiger partial charge in [0.2, 0.25) is 0 Å². The van der Waals surface area contributed by atoms with E-state index in [0.29, 0.717) is 33.8 Å². The molecule has 4 rings (SSSR count). The Morgan fingerprint density at radius 1 is 1.21 bits per heavy atom. The van der Waals surface area contributed by atoms with Crippen molar-refractivity contribution in [3.8, 4) is 5.75 Å². The zero-order valence-electron chi connectivity index (χ0n) is 14.9. The van der Waals surface area contributed by atoms with Crippen LogP contribution in [0.1, 0.15) is 22.8 Å². The Morgan fingerprint density at radius 3 is 2.75 bits per heavy atom. The lowest BCUT2D eigenvalue weighted by atomic mass is 10.0. The molecule has 0 fully saturated rings. The summed E-state index contributed by atoms with van der Waals surface area (Å²) in [5.41, 5.74) is 1.55. The van der Waals surface area contributed by atoms with Crippen LogP contribution in [0.3, 0.4) is 0 Å². The van der Waals surface area contributed by atoms with Crippen molar-refractivity contribution in [2.75, 3.05) is 11.9 Å². The minimum Gasteiger partial charge on any atom is -0.507 e. The standard InChI is InChI=1S/C21H16ClN3O3/c1-2-23-17-9-12(19(27)15-5-3-4-6-18(15)26)11-25-20(17)24-16-10-13(22)7-8-14(16)21(25)28/h3-11,23,26H,2H2,1H3. The van der Waals surface area contributed by atoms with Crippen LogP contribution in [0.15, 0.2) is 59.5 Å². The lowest BCUT2D eigenvalue weighted by Gasteiger charge is -2.12. The molecule has 0 saturated heterocycles. The van der Waals surface area contributed by atoms with E-state index in [1.165, 1.54) is 22.7 Å². The molecule has 0 saturated carbocycles. The molecular weight excluding hydrogens is 378 g/mol. The van der Waals surface area contributed by atoms with Crippen molar-refractivity contribution in [1.82, 2.24) is 9.38 Å². The number of rotatable bonds is 4. The Balaban J connectivity index is 2.02. The molecule has 0 aliphatic rings. The van der Waals surface area contributed by atoms with Gasteiger partial charge >= 0.3 is 0 Å². The molecule has 2 N–H and O–H groups in total. The number of benzene rings is 2.